The topological polar surface area (TPSA) is 113 Å². The zero-order chi connectivity index (χ0) is 23.1. The van der Waals surface area contributed by atoms with Crippen LogP contribution in [-0.2, 0) is 16.0 Å². The maximum atomic E-state index is 12.8. The van der Waals surface area contributed by atoms with Crippen molar-refractivity contribution >= 4 is 39.4 Å². The summed E-state index contributed by atoms with van der Waals surface area (Å²) in [6.45, 7) is 6.12. The van der Waals surface area contributed by atoms with Crippen LogP contribution in [0.1, 0.15) is 26.3 Å². The van der Waals surface area contributed by atoms with Gasteiger partial charge in [-0.1, -0.05) is 24.3 Å². The highest BCUT2D eigenvalue weighted by Gasteiger charge is 2.24. The lowest BCUT2D eigenvalue weighted by molar-refractivity contribution is -0.123. The number of nitrogens with one attached hydrogen (secondary N) is 3. The second kappa shape index (κ2) is 10.3. The smallest absolute Gasteiger partial charge is 0.408 e. The standard InChI is InChI=1S/C23H28N4O4S/c1-23(2,3)31-22(30)26-18(14-15-8-10-16(28)11-9-15)21(29)25-13-12-24-20-17-6-4-5-7-19(17)32-27-20/h4-11,18,28H,12-14H2,1-3H3,(H,24,27)(H,25,29)(H,26,30)/t18-/m0/s1. The molecule has 0 bridgehead atoms. The largest absolute Gasteiger partial charge is 0.508 e. The Hall–Kier alpha value is -3.33. The molecule has 8 nitrogen and oxygen atoms in total. The summed E-state index contributed by atoms with van der Waals surface area (Å²) in [4.78, 5) is 25.1. The van der Waals surface area contributed by atoms with Gasteiger partial charge in [0.15, 0.2) is 0 Å². The van der Waals surface area contributed by atoms with E-state index in [0.29, 0.717) is 13.1 Å². The van der Waals surface area contributed by atoms with E-state index in [4.69, 9.17) is 4.74 Å². The Balaban J connectivity index is 1.57. The average Bonchev–Trinajstić information content (AvgIpc) is 3.14. The highest BCUT2D eigenvalue weighted by molar-refractivity contribution is 7.13. The first-order chi connectivity index (χ1) is 15.2. The lowest BCUT2D eigenvalue weighted by Crippen LogP contribution is -2.50. The van der Waals surface area contributed by atoms with Crippen molar-refractivity contribution in [2.45, 2.75) is 38.8 Å². The van der Waals surface area contributed by atoms with Crippen molar-refractivity contribution in [3.8, 4) is 5.75 Å². The minimum Gasteiger partial charge on any atom is -0.508 e. The van der Waals surface area contributed by atoms with Crippen molar-refractivity contribution in [1.29, 1.82) is 0 Å². The monoisotopic (exact) mass is 456 g/mol. The molecule has 0 radical (unpaired) electrons. The van der Waals surface area contributed by atoms with Crippen LogP contribution in [0.5, 0.6) is 5.75 Å². The summed E-state index contributed by atoms with van der Waals surface area (Å²) in [5.41, 5.74) is 0.121. The summed E-state index contributed by atoms with van der Waals surface area (Å²) >= 11 is 1.42. The number of phenols is 1. The number of nitrogens with zero attached hydrogens (tertiary/aromatic N) is 1. The number of amides is 2. The van der Waals surface area contributed by atoms with Gasteiger partial charge in [-0.05, 0) is 62.1 Å². The molecule has 3 rings (SSSR count). The lowest BCUT2D eigenvalue weighted by atomic mass is 10.1. The van der Waals surface area contributed by atoms with Crippen LogP contribution in [0, 0.1) is 0 Å². The number of carbonyl (C=O) groups is 2. The van der Waals surface area contributed by atoms with Gasteiger partial charge in [0, 0.05) is 24.9 Å². The molecule has 170 valence electrons. The van der Waals surface area contributed by atoms with Crippen LogP contribution in [0.2, 0.25) is 0 Å². The van der Waals surface area contributed by atoms with Crippen LogP contribution in [0.3, 0.4) is 0 Å². The van der Waals surface area contributed by atoms with Crippen molar-refractivity contribution in [3.63, 3.8) is 0 Å². The molecular weight excluding hydrogens is 428 g/mol. The number of hydrogen-bond donors (Lipinski definition) is 4. The minimum absolute atomic E-state index is 0.135. The zero-order valence-electron chi connectivity index (χ0n) is 18.3. The van der Waals surface area contributed by atoms with Gasteiger partial charge in [-0.3, -0.25) is 4.79 Å². The fraction of sp³-hybridized carbons (Fsp3) is 0.348. The second-order valence-electron chi connectivity index (χ2n) is 8.31. The summed E-state index contributed by atoms with van der Waals surface area (Å²) in [5.74, 6) is 0.594. The quantitative estimate of drug-likeness (QED) is 0.385. The first-order valence-electron chi connectivity index (χ1n) is 10.3. The molecular formula is C23H28N4O4S. The van der Waals surface area contributed by atoms with E-state index in [9.17, 15) is 14.7 Å². The van der Waals surface area contributed by atoms with Crippen LogP contribution in [0.25, 0.3) is 10.1 Å². The molecule has 0 aliphatic carbocycles. The number of phenolic OH excluding ortho intramolecular Hbond substituents is 1. The van der Waals surface area contributed by atoms with E-state index in [1.54, 1.807) is 45.0 Å². The Labute approximate surface area is 191 Å². The number of rotatable bonds is 8. The van der Waals surface area contributed by atoms with Crippen LogP contribution in [-0.4, -0.2) is 46.2 Å². The maximum absolute atomic E-state index is 12.8. The van der Waals surface area contributed by atoms with Crippen LogP contribution >= 0.6 is 11.5 Å². The number of alkyl carbamates (subject to hydrolysis) is 1. The second-order valence-corrected chi connectivity index (χ2v) is 9.12. The highest BCUT2D eigenvalue weighted by Crippen LogP contribution is 2.25. The van der Waals surface area contributed by atoms with E-state index in [1.807, 2.05) is 24.3 Å². The van der Waals surface area contributed by atoms with Gasteiger partial charge in [0.2, 0.25) is 5.91 Å². The molecule has 1 heterocycles. The number of carbonyl (C=O) groups excluding carboxylic acids is 2. The minimum atomic E-state index is -0.825. The van der Waals surface area contributed by atoms with Gasteiger partial charge in [-0.25, -0.2) is 4.79 Å². The number of fused-ring (bicyclic) bond motifs is 1. The first kappa shape index (κ1) is 23.3. The molecule has 0 unspecified atom stereocenters. The number of ether oxygens (including phenoxy) is 1. The van der Waals surface area contributed by atoms with E-state index in [-0.39, 0.29) is 18.1 Å². The Morgan fingerprint density at radius 1 is 1.09 bits per heavy atom. The Bertz CT molecular complexity index is 1060. The average molecular weight is 457 g/mol. The molecule has 2 amide bonds. The van der Waals surface area contributed by atoms with Gasteiger partial charge >= 0.3 is 6.09 Å². The highest BCUT2D eigenvalue weighted by atomic mass is 32.1. The third-order valence-corrected chi connectivity index (χ3v) is 5.30. The summed E-state index contributed by atoms with van der Waals surface area (Å²) in [6.07, 6.45) is -0.404. The van der Waals surface area contributed by atoms with Gasteiger partial charge < -0.3 is 25.8 Å². The molecule has 0 spiro atoms. The van der Waals surface area contributed by atoms with Gasteiger partial charge in [-0.2, -0.15) is 4.37 Å². The molecule has 9 heteroatoms. The molecule has 1 atom stereocenters. The Kier molecular flexibility index (Phi) is 7.53. The predicted octanol–water partition coefficient (Wildman–Crippen LogP) is 3.67. The summed E-state index contributed by atoms with van der Waals surface area (Å²) in [7, 11) is 0. The van der Waals surface area contributed by atoms with Crippen LogP contribution in [0.15, 0.2) is 48.5 Å². The van der Waals surface area contributed by atoms with E-state index >= 15 is 0 Å². The van der Waals surface area contributed by atoms with Crippen LogP contribution in [0.4, 0.5) is 10.6 Å². The molecule has 0 aliphatic heterocycles. The maximum Gasteiger partial charge on any atom is 0.408 e. The molecule has 32 heavy (non-hydrogen) atoms. The lowest BCUT2D eigenvalue weighted by Gasteiger charge is -2.23. The number of aromatic hydroxyl groups is 1. The van der Waals surface area contributed by atoms with Gasteiger partial charge in [0.05, 0.1) is 4.70 Å². The van der Waals surface area contributed by atoms with E-state index in [1.165, 1.54) is 11.5 Å². The van der Waals surface area contributed by atoms with Gasteiger partial charge in [-0.15, -0.1) is 0 Å². The molecule has 2 aromatic carbocycles. The number of anilines is 1. The van der Waals surface area contributed by atoms with Crippen molar-refractivity contribution in [2.24, 2.45) is 0 Å². The Morgan fingerprint density at radius 3 is 2.53 bits per heavy atom. The van der Waals surface area contributed by atoms with Crippen molar-refractivity contribution in [3.05, 3.63) is 54.1 Å². The molecule has 0 fully saturated rings. The molecule has 0 aliphatic rings. The number of benzene rings is 2. The first-order valence-corrected chi connectivity index (χ1v) is 11.1. The third-order valence-electron chi connectivity index (χ3n) is 4.48. The van der Waals surface area contributed by atoms with E-state index in [0.717, 1.165) is 21.5 Å². The van der Waals surface area contributed by atoms with Gasteiger partial charge in [0.25, 0.3) is 0 Å². The molecule has 0 saturated heterocycles. The normalized spacial score (nSPS) is 12.2. The van der Waals surface area contributed by atoms with Gasteiger partial charge in [0.1, 0.15) is 23.2 Å². The fourth-order valence-corrected chi connectivity index (χ4v) is 3.79. The molecule has 1 aromatic heterocycles. The van der Waals surface area contributed by atoms with E-state index < -0.39 is 17.7 Å². The summed E-state index contributed by atoms with van der Waals surface area (Å²) < 4.78 is 10.8. The Morgan fingerprint density at radius 2 is 1.81 bits per heavy atom. The number of aromatic nitrogens is 1. The fourth-order valence-electron chi connectivity index (χ4n) is 3.03. The third kappa shape index (κ3) is 6.84. The number of hydrogen-bond acceptors (Lipinski definition) is 7. The summed E-state index contributed by atoms with van der Waals surface area (Å²) in [5, 5.41) is 19.3. The summed E-state index contributed by atoms with van der Waals surface area (Å²) in [6, 6.07) is 13.6. The van der Waals surface area contributed by atoms with Crippen molar-refractivity contribution in [2.75, 3.05) is 18.4 Å². The zero-order valence-corrected chi connectivity index (χ0v) is 19.2. The molecule has 3 aromatic rings. The van der Waals surface area contributed by atoms with Crippen LogP contribution < -0.4 is 16.0 Å². The van der Waals surface area contributed by atoms with E-state index in [2.05, 4.69) is 20.3 Å². The molecule has 4 N–H and O–H groups in total. The SMILES string of the molecule is CC(C)(C)OC(=O)N[C@@H](Cc1ccc(O)cc1)C(=O)NCCNc1nsc2ccccc12. The van der Waals surface area contributed by atoms with Crippen molar-refractivity contribution < 1.29 is 19.4 Å². The van der Waals surface area contributed by atoms with Crippen molar-refractivity contribution in [1.82, 2.24) is 15.0 Å². The molecule has 0 saturated carbocycles. The predicted molar refractivity (Wildman–Crippen MR) is 126 cm³/mol.